The normalized spacial score (nSPS) is 13.0. The fourth-order valence-electron chi connectivity index (χ4n) is 3.35. The van der Waals surface area contributed by atoms with Crippen LogP contribution >= 0.6 is 0 Å². The minimum atomic E-state index is 0.107. The van der Waals surface area contributed by atoms with Gasteiger partial charge in [-0.25, -0.2) is 0 Å². The molecule has 4 aromatic rings. The van der Waals surface area contributed by atoms with Crippen LogP contribution < -0.4 is 14.2 Å². The molecule has 1 aliphatic rings. The van der Waals surface area contributed by atoms with Crippen LogP contribution in [0.25, 0.3) is 32.4 Å². The maximum Gasteiger partial charge on any atom is 0.231 e. The van der Waals surface area contributed by atoms with Crippen molar-refractivity contribution < 1.29 is 19.3 Å². The summed E-state index contributed by atoms with van der Waals surface area (Å²) in [6.07, 6.45) is 1.74. The molecule has 1 aromatic heterocycles. The number of hydrogen-bond donors (Lipinski definition) is 1. The maximum absolute atomic E-state index is 9.97. The van der Waals surface area contributed by atoms with E-state index in [1.54, 1.807) is 19.4 Å². The molecule has 0 radical (unpaired) electrons. The van der Waals surface area contributed by atoms with Crippen LogP contribution in [0.15, 0.2) is 42.6 Å². The number of aromatic nitrogens is 1. The molecular weight excluding hydrogens is 306 g/mol. The molecule has 1 N–H and O–H groups in total. The lowest BCUT2D eigenvalue weighted by molar-refractivity contribution is 0.174. The third-order valence-electron chi connectivity index (χ3n) is 4.48. The standard InChI is InChI=1S/C19H13NO4/c1-22-19-14-8-20-18-12(11(14)4-5-15(19)21)3-2-10-6-16-17(7-13(10)18)24-9-23-16/h2-8,21H,9H2,1H3. The Morgan fingerprint density at radius 2 is 1.75 bits per heavy atom. The van der Waals surface area contributed by atoms with Gasteiger partial charge in [-0.3, -0.25) is 4.98 Å². The highest BCUT2D eigenvalue weighted by Gasteiger charge is 2.17. The van der Waals surface area contributed by atoms with Crippen LogP contribution in [-0.2, 0) is 0 Å². The van der Waals surface area contributed by atoms with Gasteiger partial charge in [0.25, 0.3) is 0 Å². The zero-order valence-electron chi connectivity index (χ0n) is 12.9. The van der Waals surface area contributed by atoms with Crippen molar-refractivity contribution >= 4 is 32.4 Å². The molecule has 118 valence electrons. The van der Waals surface area contributed by atoms with E-state index >= 15 is 0 Å². The van der Waals surface area contributed by atoms with Crippen LogP contribution in [-0.4, -0.2) is 24.0 Å². The zero-order chi connectivity index (χ0) is 16.3. The van der Waals surface area contributed by atoms with Gasteiger partial charge in [-0.1, -0.05) is 12.1 Å². The molecule has 0 saturated heterocycles. The van der Waals surface area contributed by atoms with Gasteiger partial charge in [0.2, 0.25) is 6.79 Å². The van der Waals surface area contributed by atoms with Crippen LogP contribution in [0, 0.1) is 0 Å². The molecule has 5 heteroatoms. The van der Waals surface area contributed by atoms with Gasteiger partial charge in [-0.15, -0.1) is 0 Å². The van der Waals surface area contributed by atoms with Crippen LogP contribution in [0.2, 0.25) is 0 Å². The van der Waals surface area contributed by atoms with E-state index in [0.717, 1.165) is 43.9 Å². The minimum absolute atomic E-state index is 0.107. The molecular formula is C19H13NO4. The first kappa shape index (κ1) is 13.2. The molecule has 5 nitrogen and oxygen atoms in total. The van der Waals surface area contributed by atoms with Crippen molar-refractivity contribution in [2.24, 2.45) is 0 Å². The SMILES string of the molecule is COc1c(O)ccc2c1cnc1c3cc4c(cc3ccc21)OCO4. The van der Waals surface area contributed by atoms with Crippen molar-refractivity contribution in [1.29, 1.82) is 0 Å². The summed E-state index contributed by atoms with van der Waals surface area (Å²) >= 11 is 0. The van der Waals surface area contributed by atoms with Crippen molar-refractivity contribution in [3.05, 3.63) is 42.6 Å². The molecule has 0 saturated carbocycles. The second kappa shape index (κ2) is 4.64. The van der Waals surface area contributed by atoms with Gasteiger partial charge in [0, 0.05) is 22.4 Å². The van der Waals surface area contributed by atoms with Crippen LogP contribution in [0.5, 0.6) is 23.0 Å². The molecule has 5 rings (SSSR count). The second-order valence-electron chi connectivity index (χ2n) is 5.73. The molecule has 0 amide bonds. The van der Waals surface area contributed by atoms with E-state index in [1.165, 1.54) is 0 Å². The number of nitrogens with zero attached hydrogens (tertiary/aromatic N) is 1. The number of ether oxygens (including phenoxy) is 3. The summed E-state index contributed by atoms with van der Waals surface area (Å²) in [6, 6.07) is 11.5. The van der Waals surface area contributed by atoms with E-state index < -0.39 is 0 Å². The Hall–Kier alpha value is -3.21. The quantitative estimate of drug-likeness (QED) is 0.538. The smallest absolute Gasteiger partial charge is 0.231 e. The fraction of sp³-hybridized carbons (Fsp3) is 0.105. The Kier molecular flexibility index (Phi) is 2.56. The number of methoxy groups -OCH3 is 1. The number of phenolic OH excluding ortho intramolecular Hbond substituents is 1. The van der Waals surface area contributed by atoms with Crippen molar-refractivity contribution in [2.75, 3.05) is 13.9 Å². The Labute approximate surface area is 137 Å². The van der Waals surface area contributed by atoms with E-state index in [1.807, 2.05) is 30.3 Å². The van der Waals surface area contributed by atoms with E-state index in [9.17, 15) is 5.11 Å². The highest BCUT2D eigenvalue weighted by atomic mass is 16.7. The molecule has 0 aliphatic carbocycles. The largest absolute Gasteiger partial charge is 0.504 e. The van der Waals surface area contributed by atoms with E-state index in [-0.39, 0.29) is 12.5 Å². The topological polar surface area (TPSA) is 60.8 Å². The Morgan fingerprint density at radius 3 is 2.58 bits per heavy atom. The van der Waals surface area contributed by atoms with E-state index in [2.05, 4.69) is 4.98 Å². The van der Waals surface area contributed by atoms with Gasteiger partial charge >= 0.3 is 0 Å². The highest BCUT2D eigenvalue weighted by molar-refractivity contribution is 6.16. The number of benzene rings is 3. The molecule has 0 bridgehead atoms. The highest BCUT2D eigenvalue weighted by Crippen LogP contribution is 2.41. The average Bonchev–Trinajstić information content (AvgIpc) is 3.06. The Bertz CT molecular complexity index is 1130. The Balaban J connectivity index is 1.92. The second-order valence-corrected chi connectivity index (χ2v) is 5.73. The first-order valence-electron chi connectivity index (χ1n) is 7.57. The van der Waals surface area contributed by atoms with Gasteiger partial charge in [-0.05, 0) is 35.0 Å². The predicted octanol–water partition coefficient (Wildman–Crippen LogP) is 3.98. The maximum atomic E-state index is 9.97. The lowest BCUT2D eigenvalue weighted by Crippen LogP contribution is -1.92. The first-order chi connectivity index (χ1) is 11.8. The third kappa shape index (κ3) is 1.66. The lowest BCUT2D eigenvalue weighted by Gasteiger charge is -2.11. The summed E-state index contributed by atoms with van der Waals surface area (Å²) in [5.74, 6) is 2.04. The van der Waals surface area contributed by atoms with Crippen LogP contribution in [0.1, 0.15) is 0 Å². The average molecular weight is 319 g/mol. The van der Waals surface area contributed by atoms with E-state index in [0.29, 0.717) is 5.75 Å². The van der Waals surface area contributed by atoms with Crippen molar-refractivity contribution in [3.8, 4) is 23.0 Å². The monoisotopic (exact) mass is 319 g/mol. The molecule has 24 heavy (non-hydrogen) atoms. The zero-order valence-corrected chi connectivity index (χ0v) is 12.9. The predicted molar refractivity (Wildman–Crippen MR) is 91.1 cm³/mol. The summed E-state index contributed by atoms with van der Waals surface area (Å²) in [4.78, 5) is 4.63. The molecule has 1 aliphatic heterocycles. The molecule has 3 aromatic carbocycles. The molecule has 0 unspecified atom stereocenters. The summed E-state index contributed by atoms with van der Waals surface area (Å²) in [7, 11) is 1.54. The molecule has 2 heterocycles. The van der Waals surface area contributed by atoms with E-state index in [4.69, 9.17) is 14.2 Å². The van der Waals surface area contributed by atoms with Crippen LogP contribution in [0.3, 0.4) is 0 Å². The van der Waals surface area contributed by atoms with Gasteiger partial charge in [0.15, 0.2) is 23.0 Å². The van der Waals surface area contributed by atoms with Crippen molar-refractivity contribution in [3.63, 3.8) is 0 Å². The molecule has 0 fully saturated rings. The number of phenols is 1. The summed E-state index contributed by atoms with van der Waals surface area (Å²) in [6.45, 7) is 0.246. The minimum Gasteiger partial charge on any atom is -0.504 e. The third-order valence-corrected chi connectivity index (χ3v) is 4.48. The lowest BCUT2D eigenvalue weighted by atomic mass is 10.0. The number of rotatable bonds is 1. The molecule has 0 atom stereocenters. The number of hydrogen-bond acceptors (Lipinski definition) is 5. The van der Waals surface area contributed by atoms with Gasteiger partial charge in [0.1, 0.15) is 0 Å². The first-order valence-corrected chi connectivity index (χ1v) is 7.57. The number of aromatic hydroxyl groups is 1. The summed E-state index contributed by atoms with van der Waals surface area (Å²) in [5, 5.41) is 14.8. The van der Waals surface area contributed by atoms with Crippen LogP contribution in [0.4, 0.5) is 0 Å². The Morgan fingerprint density at radius 1 is 0.958 bits per heavy atom. The van der Waals surface area contributed by atoms with Gasteiger partial charge in [-0.2, -0.15) is 0 Å². The number of pyridine rings is 1. The molecule has 0 spiro atoms. The van der Waals surface area contributed by atoms with Gasteiger partial charge < -0.3 is 19.3 Å². The summed E-state index contributed by atoms with van der Waals surface area (Å²) in [5.41, 5.74) is 0.881. The van der Waals surface area contributed by atoms with Gasteiger partial charge in [0.05, 0.1) is 12.6 Å². The fourth-order valence-corrected chi connectivity index (χ4v) is 3.35. The van der Waals surface area contributed by atoms with Crippen molar-refractivity contribution in [1.82, 2.24) is 4.98 Å². The number of fused-ring (bicyclic) bond motifs is 6. The summed E-state index contributed by atoms with van der Waals surface area (Å²) < 4.78 is 16.3. The van der Waals surface area contributed by atoms with Crippen molar-refractivity contribution in [2.45, 2.75) is 0 Å².